The highest BCUT2D eigenvalue weighted by Crippen LogP contribution is 2.26. The molecule has 0 heterocycles. The first kappa shape index (κ1) is 15.8. The van der Waals surface area contributed by atoms with Gasteiger partial charge in [-0.1, -0.05) is 32.1 Å². The fourth-order valence-corrected chi connectivity index (χ4v) is 2.93. The van der Waals surface area contributed by atoms with Gasteiger partial charge in [0.2, 0.25) is 5.91 Å². The van der Waals surface area contributed by atoms with Crippen molar-refractivity contribution in [3.8, 4) is 0 Å². The number of carbonyl (C=O) groups excluding carboxylic acids is 1. The normalized spacial score (nSPS) is 18.6. The van der Waals surface area contributed by atoms with Gasteiger partial charge in [0.15, 0.2) is 0 Å². The van der Waals surface area contributed by atoms with Crippen LogP contribution in [0, 0.1) is 5.92 Å². The smallest absolute Gasteiger partial charge is 0.220 e. The van der Waals surface area contributed by atoms with E-state index in [1.807, 2.05) is 6.26 Å². The van der Waals surface area contributed by atoms with E-state index in [2.05, 4.69) is 5.32 Å². The highest BCUT2D eigenvalue weighted by atomic mass is 32.2. The maximum absolute atomic E-state index is 11.5. The number of rotatable bonds is 8. The summed E-state index contributed by atoms with van der Waals surface area (Å²) < 4.78 is 0. The predicted octanol–water partition coefficient (Wildman–Crippen LogP) is 2.89. The van der Waals surface area contributed by atoms with E-state index in [4.69, 9.17) is 5.73 Å². The van der Waals surface area contributed by atoms with Crippen LogP contribution in [0.2, 0.25) is 0 Å². The second-order valence-corrected chi connectivity index (χ2v) is 6.39. The average molecular weight is 272 g/mol. The van der Waals surface area contributed by atoms with Crippen LogP contribution in [0.1, 0.15) is 57.8 Å². The largest absolute Gasteiger partial charge is 0.356 e. The predicted molar refractivity (Wildman–Crippen MR) is 79.5 cm³/mol. The van der Waals surface area contributed by atoms with Crippen LogP contribution in [0.15, 0.2) is 0 Å². The summed E-state index contributed by atoms with van der Waals surface area (Å²) in [6.45, 7) is 0.837. The van der Waals surface area contributed by atoms with Gasteiger partial charge in [-0.2, -0.15) is 0 Å². The van der Waals surface area contributed by atoms with E-state index < -0.39 is 0 Å². The summed E-state index contributed by atoms with van der Waals surface area (Å²) in [5.41, 5.74) is 5.76. The number of hydrogen-bond acceptors (Lipinski definition) is 3. The van der Waals surface area contributed by atoms with Crippen LogP contribution >= 0.6 is 11.8 Å². The molecule has 1 aliphatic carbocycles. The Hall–Kier alpha value is -0.220. The lowest BCUT2D eigenvalue weighted by Crippen LogP contribution is -2.27. The standard InChI is InChI=1S/C14H28N2OS/c1-18-13(15)9-10-14(17)16-11-5-8-12-6-3-2-4-7-12/h12-13H,2-11,15H2,1H3,(H,16,17). The van der Waals surface area contributed by atoms with Gasteiger partial charge >= 0.3 is 0 Å². The molecule has 18 heavy (non-hydrogen) atoms. The first-order chi connectivity index (χ1) is 8.72. The molecule has 1 unspecified atom stereocenters. The molecule has 0 aliphatic heterocycles. The Morgan fingerprint density at radius 2 is 2.11 bits per heavy atom. The summed E-state index contributed by atoms with van der Waals surface area (Å²) in [6, 6.07) is 0. The first-order valence-corrected chi connectivity index (χ1v) is 8.56. The average Bonchev–Trinajstić information content (AvgIpc) is 2.42. The van der Waals surface area contributed by atoms with E-state index in [9.17, 15) is 4.79 Å². The van der Waals surface area contributed by atoms with E-state index in [0.29, 0.717) is 6.42 Å². The van der Waals surface area contributed by atoms with E-state index in [1.54, 1.807) is 11.8 Å². The molecule has 0 aromatic rings. The summed E-state index contributed by atoms with van der Waals surface area (Å²) in [5, 5.41) is 3.09. The molecule has 0 bridgehead atoms. The van der Waals surface area contributed by atoms with Crippen LogP contribution in [0.3, 0.4) is 0 Å². The molecule has 4 heteroatoms. The highest BCUT2D eigenvalue weighted by molar-refractivity contribution is 7.99. The molecule has 0 aromatic heterocycles. The lowest BCUT2D eigenvalue weighted by Gasteiger charge is -2.21. The van der Waals surface area contributed by atoms with Gasteiger partial charge < -0.3 is 11.1 Å². The van der Waals surface area contributed by atoms with Crippen molar-refractivity contribution >= 4 is 17.7 Å². The second kappa shape index (κ2) is 9.68. The van der Waals surface area contributed by atoms with Crippen molar-refractivity contribution < 1.29 is 4.79 Å². The molecule has 1 rings (SSSR count). The minimum absolute atomic E-state index is 0.0954. The molecule has 106 valence electrons. The monoisotopic (exact) mass is 272 g/mol. The molecule has 1 atom stereocenters. The number of carbonyl (C=O) groups is 1. The Balaban J connectivity index is 1.94. The third-order valence-corrected chi connectivity index (χ3v) is 4.64. The van der Waals surface area contributed by atoms with Crippen molar-refractivity contribution in [2.75, 3.05) is 12.8 Å². The molecule has 1 amide bonds. The van der Waals surface area contributed by atoms with Crippen molar-refractivity contribution in [1.82, 2.24) is 5.32 Å². The van der Waals surface area contributed by atoms with E-state index >= 15 is 0 Å². The second-order valence-electron chi connectivity index (χ2n) is 5.31. The third kappa shape index (κ3) is 7.27. The lowest BCUT2D eigenvalue weighted by atomic mass is 9.86. The van der Waals surface area contributed by atoms with Crippen LogP contribution < -0.4 is 11.1 Å². The van der Waals surface area contributed by atoms with E-state index in [0.717, 1.165) is 25.3 Å². The zero-order chi connectivity index (χ0) is 13.2. The summed E-state index contributed by atoms with van der Waals surface area (Å²) in [5.74, 6) is 1.07. The van der Waals surface area contributed by atoms with Crippen LogP contribution in [-0.4, -0.2) is 24.1 Å². The fourth-order valence-electron chi connectivity index (χ4n) is 2.57. The molecule has 1 aliphatic rings. The highest BCUT2D eigenvalue weighted by Gasteiger charge is 2.12. The molecule has 3 nitrogen and oxygen atoms in total. The van der Waals surface area contributed by atoms with Gasteiger partial charge in [-0.15, -0.1) is 11.8 Å². The first-order valence-electron chi connectivity index (χ1n) is 7.27. The Morgan fingerprint density at radius 1 is 1.39 bits per heavy atom. The Kier molecular flexibility index (Phi) is 8.51. The Morgan fingerprint density at radius 3 is 2.78 bits per heavy atom. The molecule has 3 N–H and O–H groups in total. The van der Waals surface area contributed by atoms with E-state index in [1.165, 1.54) is 38.5 Å². The van der Waals surface area contributed by atoms with Crippen LogP contribution in [0.4, 0.5) is 0 Å². The van der Waals surface area contributed by atoms with Crippen LogP contribution in [-0.2, 0) is 4.79 Å². The summed E-state index contributed by atoms with van der Waals surface area (Å²) >= 11 is 1.61. The maximum Gasteiger partial charge on any atom is 0.220 e. The van der Waals surface area contributed by atoms with Gasteiger partial charge in [-0.25, -0.2) is 0 Å². The number of nitrogens with one attached hydrogen (secondary N) is 1. The Labute approximate surface area is 116 Å². The topological polar surface area (TPSA) is 55.1 Å². The summed E-state index contributed by atoms with van der Waals surface area (Å²) in [4.78, 5) is 11.5. The molecular formula is C14H28N2OS. The maximum atomic E-state index is 11.5. The molecule has 0 aromatic carbocycles. The van der Waals surface area contributed by atoms with Crippen molar-refractivity contribution in [1.29, 1.82) is 0 Å². The van der Waals surface area contributed by atoms with Gasteiger partial charge in [0.1, 0.15) is 0 Å². The van der Waals surface area contributed by atoms with Crippen molar-refractivity contribution in [2.24, 2.45) is 11.7 Å². The number of hydrogen-bond donors (Lipinski definition) is 2. The van der Waals surface area contributed by atoms with Crippen LogP contribution in [0.25, 0.3) is 0 Å². The van der Waals surface area contributed by atoms with Gasteiger partial charge in [0.25, 0.3) is 0 Å². The molecule has 1 saturated carbocycles. The minimum Gasteiger partial charge on any atom is -0.356 e. The SMILES string of the molecule is CSC(N)CCC(=O)NCCCC1CCCCC1. The van der Waals surface area contributed by atoms with Crippen molar-refractivity contribution in [3.63, 3.8) is 0 Å². The zero-order valence-electron chi connectivity index (χ0n) is 11.6. The quantitative estimate of drug-likeness (QED) is 0.528. The van der Waals surface area contributed by atoms with Gasteiger partial charge in [-0.3, -0.25) is 4.79 Å². The van der Waals surface area contributed by atoms with Gasteiger partial charge in [-0.05, 0) is 31.4 Å². The van der Waals surface area contributed by atoms with Crippen molar-refractivity contribution in [3.05, 3.63) is 0 Å². The molecule has 0 saturated heterocycles. The molecule has 0 spiro atoms. The van der Waals surface area contributed by atoms with E-state index in [-0.39, 0.29) is 11.3 Å². The number of nitrogens with two attached hydrogens (primary N) is 1. The lowest BCUT2D eigenvalue weighted by molar-refractivity contribution is -0.121. The van der Waals surface area contributed by atoms with Crippen LogP contribution in [0.5, 0.6) is 0 Å². The third-order valence-electron chi connectivity index (χ3n) is 3.79. The number of amides is 1. The van der Waals surface area contributed by atoms with Gasteiger partial charge in [0.05, 0.1) is 5.37 Å². The molecule has 0 radical (unpaired) electrons. The number of thioether (sulfide) groups is 1. The summed E-state index contributed by atoms with van der Waals surface area (Å²) in [7, 11) is 0. The molecule has 1 fully saturated rings. The molecular weight excluding hydrogens is 244 g/mol. The van der Waals surface area contributed by atoms with Gasteiger partial charge in [0, 0.05) is 13.0 Å². The fraction of sp³-hybridized carbons (Fsp3) is 0.929. The zero-order valence-corrected chi connectivity index (χ0v) is 12.4. The van der Waals surface area contributed by atoms with Crippen molar-refractivity contribution in [2.45, 2.75) is 63.2 Å². The summed E-state index contributed by atoms with van der Waals surface area (Å²) in [6.07, 6.45) is 12.8. The minimum atomic E-state index is 0.0954. The Bertz CT molecular complexity index is 230.